The number of rotatable bonds is 3. The zero-order chi connectivity index (χ0) is 12.3. The number of hydrazine groups is 1. The molecule has 5 heteroatoms. The summed E-state index contributed by atoms with van der Waals surface area (Å²) in [6, 6.07) is 11.9. The highest BCUT2D eigenvalue weighted by molar-refractivity contribution is 5.61. The molecule has 0 spiro atoms. The molecule has 2 rings (SSSR count). The molecule has 0 fully saturated rings. The highest BCUT2D eigenvalue weighted by Gasteiger charge is 2.09. The quantitative estimate of drug-likeness (QED) is 0.629. The van der Waals surface area contributed by atoms with Crippen molar-refractivity contribution in [2.24, 2.45) is 5.84 Å². The summed E-state index contributed by atoms with van der Waals surface area (Å²) in [6.45, 7) is 0. The van der Waals surface area contributed by atoms with Gasteiger partial charge >= 0.3 is 0 Å². The van der Waals surface area contributed by atoms with Crippen LogP contribution in [0, 0.1) is 5.82 Å². The summed E-state index contributed by atoms with van der Waals surface area (Å²) in [5, 5.41) is 0. The van der Waals surface area contributed by atoms with Gasteiger partial charge in [0.05, 0.1) is 5.69 Å². The Bertz CT molecular complexity index is 515. The van der Waals surface area contributed by atoms with Crippen LogP contribution in [0.25, 0.3) is 0 Å². The summed E-state index contributed by atoms with van der Waals surface area (Å²) in [4.78, 5) is 5.89. The van der Waals surface area contributed by atoms with Gasteiger partial charge in [-0.25, -0.2) is 15.2 Å². The summed E-state index contributed by atoms with van der Waals surface area (Å²) in [6.07, 6.45) is 0. The lowest BCUT2D eigenvalue weighted by molar-refractivity contribution is 0.627. The van der Waals surface area contributed by atoms with E-state index >= 15 is 0 Å². The number of anilines is 3. The molecule has 0 bridgehead atoms. The van der Waals surface area contributed by atoms with Crippen LogP contribution < -0.4 is 16.2 Å². The molecule has 0 aliphatic rings. The molecule has 2 aromatic rings. The van der Waals surface area contributed by atoms with E-state index in [1.54, 1.807) is 48.3 Å². The van der Waals surface area contributed by atoms with Gasteiger partial charge in [-0.05, 0) is 24.3 Å². The first-order valence-corrected chi connectivity index (χ1v) is 5.14. The number of nitrogens with one attached hydrogen (secondary N) is 1. The van der Waals surface area contributed by atoms with Crippen LogP contribution in [-0.4, -0.2) is 12.0 Å². The Labute approximate surface area is 98.9 Å². The van der Waals surface area contributed by atoms with E-state index in [1.807, 2.05) is 0 Å². The van der Waals surface area contributed by atoms with Crippen molar-refractivity contribution in [2.45, 2.75) is 0 Å². The summed E-state index contributed by atoms with van der Waals surface area (Å²) in [5.74, 6) is 6.14. The molecule has 17 heavy (non-hydrogen) atoms. The van der Waals surface area contributed by atoms with Gasteiger partial charge in [0.2, 0.25) is 0 Å². The van der Waals surface area contributed by atoms with Gasteiger partial charge in [0.25, 0.3) is 0 Å². The molecule has 0 aliphatic heterocycles. The number of hydrogen-bond donors (Lipinski definition) is 2. The largest absolute Gasteiger partial charge is 0.327 e. The maximum absolute atomic E-state index is 13.6. The van der Waals surface area contributed by atoms with Gasteiger partial charge in [-0.3, -0.25) is 0 Å². The summed E-state index contributed by atoms with van der Waals surface area (Å²) < 4.78 is 13.6. The second-order valence-corrected chi connectivity index (χ2v) is 3.54. The molecule has 0 amide bonds. The number of nitrogens with two attached hydrogens (primary N) is 1. The molecule has 0 unspecified atom stereocenters. The number of para-hydroxylation sites is 1. The minimum Gasteiger partial charge on any atom is -0.327 e. The Morgan fingerprint density at radius 1 is 1.18 bits per heavy atom. The fraction of sp³-hybridized carbons (Fsp3) is 0.0833. The number of halogens is 1. The van der Waals surface area contributed by atoms with Crippen molar-refractivity contribution in [2.75, 3.05) is 17.4 Å². The molecule has 0 saturated heterocycles. The van der Waals surface area contributed by atoms with Crippen molar-refractivity contribution in [1.82, 2.24) is 4.98 Å². The second-order valence-electron chi connectivity index (χ2n) is 3.54. The Morgan fingerprint density at radius 2 is 1.94 bits per heavy atom. The maximum Gasteiger partial charge on any atom is 0.146 e. The van der Waals surface area contributed by atoms with E-state index in [-0.39, 0.29) is 5.82 Å². The van der Waals surface area contributed by atoms with Gasteiger partial charge in [0, 0.05) is 7.05 Å². The smallest absolute Gasteiger partial charge is 0.146 e. The average Bonchev–Trinajstić information content (AvgIpc) is 2.38. The Morgan fingerprint density at radius 3 is 2.65 bits per heavy atom. The van der Waals surface area contributed by atoms with Crippen LogP contribution in [0.1, 0.15) is 0 Å². The molecule has 1 aromatic carbocycles. The van der Waals surface area contributed by atoms with Gasteiger partial charge < -0.3 is 10.3 Å². The molecule has 4 nitrogen and oxygen atoms in total. The molecule has 88 valence electrons. The van der Waals surface area contributed by atoms with Gasteiger partial charge in [-0.2, -0.15) is 0 Å². The number of hydrogen-bond acceptors (Lipinski definition) is 4. The lowest BCUT2D eigenvalue weighted by atomic mass is 10.3. The lowest BCUT2D eigenvalue weighted by Crippen LogP contribution is -2.15. The number of nitrogen functional groups attached to an aromatic ring is 1. The summed E-state index contributed by atoms with van der Waals surface area (Å²) in [7, 11) is 1.75. The first kappa shape index (κ1) is 11.3. The van der Waals surface area contributed by atoms with Crippen LogP contribution >= 0.6 is 0 Å². The topological polar surface area (TPSA) is 54.2 Å². The van der Waals surface area contributed by atoms with Crippen LogP contribution in [0.15, 0.2) is 42.5 Å². The van der Waals surface area contributed by atoms with Crippen LogP contribution in [0.3, 0.4) is 0 Å². The number of nitrogens with zero attached hydrogens (tertiary/aromatic N) is 2. The molecule has 0 radical (unpaired) electrons. The monoisotopic (exact) mass is 232 g/mol. The van der Waals surface area contributed by atoms with E-state index in [2.05, 4.69) is 10.4 Å². The maximum atomic E-state index is 13.6. The Balaban J connectivity index is 2.37. The van der Waals surface area contributed by atoms with Gasteiger partial charge in [-0.15, -0.1) is 0 Å². The van der Waals surface area contributed by atoms with E-state index in [0.29, 0.717) is 17.3 Å². The molecular formula is C12H13FN4. The van der Waals surface area contributed by atoms with E-state index in [9.17, 15) is 4.39 Å². The number of benzene rings is 1. The van der Waals surface area contributed by atoms with Gasteiger partial charge in [0.15, 0.2) is 0 Å². The predicted molar refractivity (Wildman–Crippen MR) is 66.5 cm³/mol. The predicted octanol–water partition coefficient (Wildman–Crippen LogP) is 2.27. The van der Waals surface area contributed by atoms with Crippen LogP contribution in [0.2, 0.25) is 0 Å². The lowest BCUT2D eigenvalue weighted by Gasteiger charge is -2.19. The van der Waals surface area contributed by atoms with Crippen molar-refractivity contribution in [3.63, 3.8) is 0 Å². The SMILES string of the molecule is CN(c1cccc(NN)n1)c1ccccc1F. The number of pyridine rings is 1. The fourth-order valence-corrected chi connectivity index (χ4v) is 1.54. The molecular weight excluding hydrogens is 219 g/mol. The summed E-state index contributed by atoms with van der Waals surface area (Å²) in [5.41, 5.74) is 2.92. The third-order valence-electron chi connectivity index (χ3n) is 2.44. The van der Waals surface area contributed by atoms with Crippen molar-refractivity contribution in [3.8, 4) is 0 Å². The minimum absolute atomic E-state index is 0.289. The Kier molecular flexibility index (Phi) is 3.20. The van der Waals surface area contributed by atoms with Crippen LogP contribution in [-0.2, 0) is 0 Å². The van der Waals surface area contributed by atoms with Crippen molar-refractivity contribution < 1.29 is 4.39 Å². The van der Waals surface area contributed by atoms with Crippen molar-refractivity contribution in [3.05, 3.63) is 48.3 Å². The van der Waals surface area contributed by atoms with Gasteiger partial charge in [-0.1, -0.05) is 18.2 Å². The molecule has 1 aromatic heterocycles. The van der Waals surface area contributed by atoms with Crippen molar-refractivity contribution in [1.29, 1.82) is 0 Å². The van der Waals surface area contributed by atoms with E-state index in [4.69, 9.17) is 5.84 Å². The second kappa shape index (κ2) is 4.80. The zero-order valence-corrected chi connectivity index (χ0v) is 9.39. The molecule has 0 aliphatic carbocycles. The Hall–Kier alpha value is -2.14. The molecule has 3 N–H and O–H groups in total. The normalized spacial score (nSPS) is 10.1. The third kappa shape index (κ3) is 2.34. The molecule has 0 atom stereocenters. The first-order valence-electron chi connectivity index (χ1n) is 5.14. The fourth-order valence-electron chi connectivity index (χ4n) is 1.54. The average molecular weight is 232 g/mol. The van der Waals surface area contributed by atoms with E-state index in [1.165, 1.54) is 6.07 Å². The highest BCUT2D eigenvalue weighted by atomic mass is 19.1. The molecule has 0 saturated carbocycles. The van der Waals surface area contributed by atoms with Crippen molar-refractivity contribution >= 4 is 17.3 Å². The highest BCUT2D eigenvalue weighted by Crippen LogP contribution is 2.24. The number of aromatic nitrogens is 1. The summed E-state index contributed by atoms with van der Waals surface area (Å²) >= 11 is 0. The first-order chi connectivity index (χ1) is 8.22. The minimum atomic E-state index is -0.289. The van der Waals surface area contributed by atoms with E-state index in [0.717, 1.165) is 0 Å². The van der Waals surface area contributed by atoms with E-state index < -0.39 is 0 Å². The van der Waals surface area contributed by atoms with Crippen LogP contribution in [0.5, 0.6) is 0 Å². The third-order valence-corrected chi connectivity index (χ3v) is 2.44. The zero-order valence-electron chi connectivity index (χ0n) is 9.39. The molecule has 1 heterocycles. The van der Waals surface area contributed by atoms with Crippen LogP contribution in [0.4, 0.5) is 21.7 Å². The van der Waals surface area contributed by atoms with Gasteiger partial charge in [0.1, 0.15) is 17.5 Å². The standard InChI is InChI=1S/C12H13FN4/c1-17(10-6-3-2-5-9(10)13)12-8-4-7-11(15-12)16-14/h2-8H,14H2,1H3,(H,15,16).